The molecule has 2 aromatic carbocycles. The average Bonchev–Trinajstić information content (AvgIpc) is 3.50. The lowest BCUT2D eigenvalue weighted by molar-refractivity contribution is 0.0689. The Bertz CT molecular complexity index is 1270. The molecule has 0 atom stereocenters. The van der Waals surface area contributed by atoms with Crippen molar-refractivity contribution in [1.29, 1.82) is 0 Å². The van der Waals surface area contributed by atoms with Crippen LogP contribution in [0, 0.1) is 6.92 Å². The van der Waals surface area contributed by atoms with E-state index >= 15 is 0 Å². The monoisotopic (exact) mass is 503 g/mol. The maximum absolute atomic E-state index is 11.1. The van der Waals surface area contributed by atoms with E-state index in [0.717, 1.165) is 33.3 Å². The highest BCUT2D eigenvalue weighted by Gasteiger charge is 2.13. The van der Waals surface area contributed by atoms with E-state index in [1.807, 2.05) is 12.3 Å². The Morgan fingerprint density at radius 3 is 2.36 bits per heavy atom. The Kier molecular flexibility index (Phi) is 8.54. The summed E-state index contributed by atoms with van der Waals surface area (Å²) in [6.45, 7) is 7.31. The topological polar surface area (TPSA) is 77.2 Å². The predicted octanol–water partition coefficient (Wildman–Crippen LogP) is 7.32. The van der Waals surface area contributed by atoms with Crippen molar-refractivity contribution in [1.82, 2.24) is 14.8 Å². The van der Waals surface area contributed by atoms with Crippen LogP contribution in [0.3, 0.4) is 0 Å². The van der Waals surface area contributed by atoms with Crippen molar-refractivity contribution in [2.45, 2.75) is 65.5 Å². The summed E-state index contributed by atoms with van der Waals surface area (Å²) >= 11 is 1.54. The molecule has 188 valence electrons. The molecule has 0 radical (unpaired) electrons. The van der Waals surface area contributed by atoms with Gasteiger partial charge in [-0.3, -0.25) is 4.68 Å². The summed E-state index contributed by atoms with van der Waals surface area (Å²) in [6.07, 6.45) is 4.88. The number of hydrogen-bond acceptors (Lipinski definition) is 5. The van der Waals surface area contributed by atoms with Crippen molar-refractivity contribution in [3.8, 4) is 17.0 Å². The van der Waals surface area contributed by atoms with Crippen LogP contribution >= 0.6 is 11.3 Å². The molecule has 7 heteroatoms. The molecule has 0 saturated carbocycles. The van der Waals surface area contributed by atoms with Crippen molar-refractivity contribution < 1.29 is 14.6 Å². The van der Waals surface area contributed by atoms with Gasteiger partial charge in [0, 0.05) is 16.6 Å². The molecule has 0 spiro atoms. The second-order valence-electron chi connectivity index (χ2n) is 9.09. The molecule has 4 rings (SSSR count). The van der Waals surface area contributed by atoms with E-state index in [4.69, 9.17) is 14.8 Å². The molecule has 0 unspecified atom stereocenters. The SMILES string of the molecule is CCCC(CCC)c1ccc(OCc2ccc(-c3csc(Cn4nc(C(=O)O)cc4C)n3)cc2)cc1. The van der Waals surface area contributed by atoms with Crippen molar-refractivity contribution in [3.05, 3.63) is 87.5 Å². The van der Waals surface area contributed by atoms with Gasteiger partial charge in [-0.15, -0.1) is 11.3 Å². The van der Waals surface area contributed by atoms with Crippen molar-refractivity contribution in [2.24, 2.45) is 0 Å². The fourth-order valence-corrected chi connectivity index (χ4v) is 5.15. The van der Waals surface area contributed by atoms with Crippen LogP contribution in [0.1, 0.15) is 77.8 Å². The first-order valence-electron chi connectivity index (χ1n) is 12.5. The van der Waals surface area contributed by atoms with Crippen LogP contribution in [-0.4, -0.2) is 25.8 Å². The Labute approximate surface area is 216 Å². The lowest BCUT2D eigenvalue weighted by Gasteiger charge is -2.16. The number of rotatable bonds is 12. The van der Waals surface area contributed by atoms with Gasteiger partial charge in [0.25, 0.3) is 0 Å². The number of ether oxygens (including phenoxy) is 1. The van der Waals surface area contributed by atoms with E-state index in [0.29, 0.717) is 19.1 Å². The highest BCUT2D eigenvalue weighted by atomic mass is 32.1. The molecule has 0 aliphatic rings. The number of benzene rings is 2. The largest absolute Gasteiger partial charge is 0.489 e. The second kappa shape index (κ2) is 12.0. The minimum absolute atomic E-state index is 0.0511. The van der Waals surface area contributed by atoms with E-state index in [1.165, 1.54) is 31.2 Å². The van der Waals surface area contributed by atoms with Gasteiger partial charge in [-0.1, -0.05) is 63.1 Å². The number of nitrogens with zero attached hydrogens (tertiary/aromatic N) is 3. The highest BCUT2D eigenvalue weighted by Crippen LogP contribution is 2.28. The molecule has 0 bridgehead atoms. The van der Waals surface area contributed by atoms with Crippen molar-refractivity contribution in [2.75, 3.05) is 0 Å². The number of carboxylic acids is 1. The number of aryl methyl sites for hydroxylation is 1. The molecule has 0 fully saturated rings. The van der Waals surface area contributed by atoms with E-state index in [2.05, 4.69) is 67.5 Å². The second-order valence-corrected chi connectivity index (χ2v) is 10.0. The summed E-state index contributed by atoms with van der Waals surface area (Å²) in [5.74, 6) is 0.502. The first-order valence-corrected chi connectivity index (χ1v) is 13.4. The smallest absolute Gasteiger partial charge is 0.356 e. The third-order valence-corrected chi connectivity index (χ3v) is 7.15. The van der Waals surface area contributed by atoms with Gasteiger partial charge in [0.2, 0.25) is 0 Å². The van der Waals surface area contributed by atoms with E-state index in [1.54, 1.807) is 22.1 Å². The van der Waals surface area contributed by atoms with E-state index < -0.39 is 5.97 Å². The van der Waals surface area contributed by atoms with Crippen LogP contribution in [0.4, 0.5) is 0 Å². The normalized spacial score (nSPS) is 11.2. The molecule has 0 amide bonds. The minimum atomic E-state index is -1.02. The van der Waals surface area contributed by atoms with E-state index in [-0.39, 0.29) is 5.69 Å². The van der Waals surface area contributed by atoms with E-state index in [9.17, 15) is 4.79 Å². The third-order valence-electron chi connectivity index (χ3n) is 6.32. The summed E-state index contributed by atoms with van der Waals surface area (Å²) in [7, 11) is 0. The minimum Gasteiger partial charge on any atom is -0.489 e. The van der Waals surface area contributed by atoms with Crippen LogP contribution in [0.25, 0.3) is 11.3 Å². The Morgan fingerprint density at radius 2 is 1.75 bits per heavy atom. The summed E-state index contributed by atoms with van der Waals surface area (Å²) < 4.78 is 7.70. The number of hydrogen-bond donors (Lipinski definition) is 1. The van der Waals surface area contributed by atoms with Crippen LogP contribution in [0.2, 0.25) is 0 Å². The zero-order valence-corrected chi connectivity index (χ0v) is 21.9. The maximum Gasteiger partial charge on any atom is 0.356 e. The number of aromatic nitrogens is 3. The third kappa shape index (κ3) is 6.40. The molecule has 0 aliphatic carbocycles. The summed E-state index contributed by atoms with van der Waals surface area (Å²) in [5, 5.41) is 16.2. The highest BCUT2D eigenvalue weighted by molar-refractivity contribution is 7.09. The number of carbonyl (C=O) groups is 1. The van der Waals surface area contributed by atoms with Crippen LogP contribution in [0.15, 0.2) is 60.0 Å². The van der Waals surface area contributed by atoms with Crippen LogP contribution in [-0.2, 0) is 13.2 Å². The summed E-state index contributed by atoms with van der Waals surface area (Å²) in [4.78, 5) is 15.9. The molecular weight excluding hydrogens is 470 g/mol. The zero-order valence-electron chi connectivity index (χ0n) is 21.1. The number of thiazole rings is 1. The fourth-order valence-electron chi connectivity index (χ4n) is 4.37. The molecular formula is C29H33N3O3S. The lowest BCUT2D eigenvalue weighted by atomic mass is 9.90. The average molecular weight is 504 g/mol. The number of carboxylic acid groups (broad SMARTS) is 1. The lowest BCUT2D eigenvalue weighted by Crippen LogP contribution is -2.05. The summed E-state index contributed by atoms with van der Waals surface area (Å²) in [6, 6.07) is 18.4. The Hall–Kier alpha value is -3.45. The van der Waals surface area contributed by atoms with Gasteiger partial charge in [-0.25, -0.2) is 9.78 Å². The van der Waals surface area contributed by atoms with Gasteiger partial charge in [0.1, 0.15) is 17.4 Å². The molecule has 6 nitrogen and oxygen atoms in total. The van der Waals surface area contributed by atoms with Gasteiger partial charge < -0.3 is 9.84 Å². The van der Waals surface area contributed by atoms with Gasteiger partial charge >= 0.3 is 5.97 Å². The quantitative estimate of drug-likeness (QED) is 0.219. The molecule has 2 heterocycles. The van der Waals surface area contributed by atoms with Crippen LogP contribution in [0.5, 0.6) is 5.75 Å². The first-order chi connectivity index (χ1) is 17.5. The molecule has 0 saturated heterocycles. The van der Waals surface area contributed by atoms with Crippen molar-refractivity contribution in [3.63, 3.8) is 0 Å². The maximum atomic E-state index is 11.1. The van der Waals surface area contributed by atoms with Gasteiger partial charge in [-0.2, -0.15) is 5.10 Å². The predicted molar refractivity (Wildman–Crippen MR) is 144 cm³/mol. The van der Waals surface area contributed by atoms with Crippen molar-refractivity contribution >= 4 is 17.3 Å². The Balaban J connectivity index is 1.34. The molecule has 0 aliphatic heterocycles. The molecule has 4 aromatic rings. The molecule has 36 heavy (non-hydrogen) atoms. The first kappa shape index (κ1) is 25.6. The molecule has 1 N–H and O–H groups in total. The number of aromatic carboxylic acids is 1. The fraction of sp³-hybridized carbons (Fsp3) is 0.345. The molecule has 2 aromatic heterocycles. The standard InChI is InChI=1S/C29H33N3O3S/c1-4-6-22(7-5-2)23-12-14-25(15-13-23)35-18-21-8-10-24(11-9-21)27-19-36-28(30-27)17-32-20(3)16-26(31-32)29(33)34/h8-16,19,22H,4-7,17-18H2,1-3H3,(H,33,34). The van der Waals surface area contributed by atoms with Gasteiger partial charge in [0.15, 0.2) is 5.69 Å². The van der Waals surface area contributed by atoms with Gasteiger partial charge in [-0.05, 0) is 55.0 Å². The van der Waals surface area contributed by atoms with Gasteiger partial charge in [0.05, 0.1) is 12.2 Å². The Morgan fingerprint density at radius 1 is 1.06 bits per heavy atom. The van der Waals surface area contributed by atoms with Crippen LogP contribution < -0.4 is 4.74 Å². The zero-order chi connectivity index (χ0) is 25.5. The summed E-state index contributed by atoms with van der Waals surface area (Å²) in [5.41, 5.74) is 5.28.